The summed E-state index contributed by atoms with van der Waals surface area (Å²) >= 11 is 0. The van der Waals surface area contributed by atoms with Crippen molar-refractivity contribution in [1.29, 1.82) is 5.26 Å². The Labute approximate surface area is 129 Å². The van der Waals surface area contributed by atoms with Gasteiger partial charge in [0.25, 0.3) is 0 Å². The van der Waals surface area contributed by atoms with E-state index in [0.717, 1.165) is 11.1 Å². The summed E-state index contributed by atoms with van der Waals surface area (Å²) in [6.45, 7) is 1.92. The molecule has 0 bridgehead atoms. The predicted molar refractivity (Wildman–Crippen MR) is 84.2 cm³/mol. The number of allylic oxidation sites excluding steroid dienone is 1. The van der Waals surface area contributed by atoms with Gasteiger partial charge in [-0.15, -0.1) is 0 Å². The summed E-state index contributed by atoms with van der Waals surface area (Å²) in [6.07, 6.45) is 1.75. The van der Waals surface area contributed by atoms with Gasteiger partial charge < -0.3 is 9.47 Å². The maximum atomic E-state index is 13.0. The Hall–Kier alpha value is -2.80. The Balaban J connectivity index is 2.50. The number of methoxy groups -OCH3 is 2. The third-order valence-corrected chi connectivity index (χ3v) is 3.35. The summed E-state index contributed by atoms with van der Waals surface area (Å²) < 4.78 is 23.5. The molecule has 0 aliphatic rings. The summed E-state index contributed by atoms with van der Waals surface area (Å²) in [5.41, 5.74) is 2.92. The Morgan fingerprint density at radius 1 is 1.09 bits per heavy atom. The van der Waals surface area contributed by atoms with Crippen molar-refractivity contribution in [2.45, 2.75) is 6.92 Å². The van der Waals surface area contributed by atoms with Crippen molar-refractivity contribution in [3.05, 3.63) is 58.9 Å². The van der Waals surface area contributed by atoms with Crippen LogP contribution in [-0.4, -0.2) is 14.2 Å². The number of hydrogen-bond donors (Lipinski definition) is 0. The second-order valence-electron chi connectivity index (χ2n) is 4.74. The zero-order chi connectivity index (χ0) is 16.1. The monoisotopic (exact) mass is 297 g/mol. The lowest BCUT2D eigenvalue weighted by Gasteiger charge is -2.11. The molecular weight excluding hydrogens is 281 g/mol. The number of rotatable bonds is 4. The molecule has 0 amide bonds. The van der Waals surface area contributed by atoms with Gasteiger partial charge >= 0.3 is 0 Å². The maximum Gasteiger partial charge on any atom is 0.161 e. The van der Waals surface area contributed by atoms with Gasteiger partial charge in [-0.05, 0) is 54.0 Å². The van der Waals surface area contributed by atoms with Crippen LogP contribution in [0.15, 0.2) is 36.4 Å². The largest absolute Gasteiger partial charge is 0.493 e. The van der Waals surface area contributed by atoms with Gasteiger partial charge in [0.1, 0.15) is 5.82 Å². The van der Waals surface area contributed by atoms with Crippen LogP contribution in [-0.2, 0) is 0 Å². The summed E-state index contributed by atoms with van der Waals surface area (Å²) in [6, 6.07) is 11.7. The number of aryl methyl sites for hydroxylation is 1. The molecule has 0 heterocycles. The van der Waals surface area contributed by atoms with Crippen LogP contribution in [0.25, 0.3) is 11.6 Å². The molecule has 0 N–H and O–H groups in total. The Morgan fingerprint density at radius 2 is 1.68 bits per heavy atom. The van der Waals surface area contributed by atoms with Gasteiger partial charge in [0.15, 0.2) is 11.5 Å². The first-order valence-electron chi connectivity index (χ1n) is 6.69. The quantitative estimate of drug-likeness (QED) is 0.627. The lowest BCUT2D eigenvalue weighted by molar-refractivity contribution is 0.354. The molecule has 0 aliphatic heterocycles. The number of ether oxygens (including phenoxy) is 2. The van der Waals surface area contributed by atoms with Crippen molar-refractivity contribution in [3.63, 3.8) is 0 Å². The predicted octanol–water partition coefficient (Wildman–Crippen LogP) is 4.22. The normalized spacial score (nSPS) is 11.0. The molecule has 0 aliphatic carbocycles. The van der Waals surface area contributed by atoms with Gasteiger partial charge in [-0.3, -0.25) is 0 Å². The zero-order valence-electron chi connectivity index (χ0n) is 12.7. The van der Waals surface area contributed by atoms with Gasteiger partial charge in [-0.1, -0.05) is 12.1 Å². The van der Waals surface area contributed by atoms with Crippen LogP contribution in [0.2, 0.25) is 0 Å². The van der Waals surface area contributed by atoms with Crippen molar-refractivity contribution in [2.24, 2.45) is 0 Å². The van der Waals surface area contributed by atoms with E-state index < -0.39 is 0 Å². The minimum atomic E-state index is -0.330. The van der Waals surface area contributed by atoms with Gasteiger partial charge in [-0.25, -0.2) is 4.39 Å². The molecule has 0 spiro atoms. The topological polar surface area (TPSA) is 42.2 Å². The molecule has 22 heavy (non-hydrogen) atoms. The molecule has 3 nitrogen and oxygen atoms in total. The smallest absolute Gasteiger partial charge is 0.161 e. The van der Waals surface area contributed by atoms with E-state index in [1.54, 1.807) is 32.4 Å². The standard InChI is InChI=1S/C18H16FNO2/c1-12-8-17(21-2)18(22-3)10-14(12)9-15(11-20)13-4-6-16(19)7-5-13/h4-10H,1-3H3. The van der Waals surface area contributed by atoms with Crippen molar-refractivity contribution < 1.29 is 13.9 Å². The number of halogens is 1. The highest BCUT2D eigenvalue weighted by molar-refractivity contribution is 5.90. The van der Waals surface area contributed by atoms with Crippen LogP contribution >= 0.6 is 0 Å². The molecule has 0 fully saturated rings. The van der Waals surface area contributed by atoms with E-state index in [0.29, 0.717) is 22.6 Å². The van der Waals surface area contributed by atoms with Crippen LogP contribution in [0.3, 0.4) is 0 Å². The van der Waals surface area contributed by atoms with Crippen LogP contribution in [0.4, 0.5) is 4.39 Å². The second kappa shape index (κ2) is 6.77. The Morgan fingerprint density at radius 3 is 2.23 bits per heavy atom. The SMILES string of the molecule is COc1cc(C)c(C=C(C#N)c2ccc(F)cc2)cc1OC. The summed E-state index contributed by atoms with van der Waals surface area (Å²) in [7, 11) is 3.14. The van der Waals surface area contributed by atoms with Crippen molar-refractivity contribution >= 4 is 11.6 Å². The van der Waals surface area contributed by atoms with Crippen LogP contribution in [0.5, 0.6) is 11.5 Å². The van der Waals surface area contributed by atoms with Crippen molar-refractivity contribution in [2.75, 3.05) is 14.2 Å². The first-order valence-corrected chi connectivity index (χ1v) is 6.69. The first kappa shape index (κ1) is 15.6. The molecule has 0 saturated heterocycles. The average molecular weight is 297 g/mol. The van der Waals surface area contributed by atoms with Crippen LogP contribution in [0, 0.1) is 24.1 Å². The highest BCUT2D eigenvalue weighted by Crippen LogP contribution is 2.32. The molecule has 0 atom stereocenters. The van der Waals surface area contributed by atoms with E-state index in [-0.39, 0.29) is 5.82 Å². The number of nitriles is 1. The minimum Gasteiger partial charge on any atom is -0.493 e. The molecule has 2 aromatic rings. The van der Waals surface area contributed by atoms with Crippen LogP contribution in [0.1, 0.15) is 16.7 Å². The fourth-order valence-corrected chi connectivity index (χ4v) is 2.12. The Bertz CT molecular complexity index is 743. The van der Waals surface area contributed by atoms with Crippen molar-refractivity contribution in [1.82, 2.24) is 0 Å². The molecule has 0 unspecified atom stereocenters. The average Bonchev–Trinajstić information content (AvgIpc) is 2.54. The van der Waals surface area contributed by atoms with E-state index in [1.807, 2.05) is 19.1 Å². The molecular formula is C18H16FNO2. The minimum absolute atomic E-state index is 0.330. The molecule has 4 heteroatoms. The van der Waals surface area contributed by atoms with Gasteiger partial charge in [0.05, 0.1) is 25.9 Å². The van der Waals surface area contributed by atoms with Gasteiger partial charge in [0, 0.05) is 0 Å². The fourth-order valence-electron chi connectivity index (χ4n) is 2.12. The van der Waals surface area contributed by atoms with Crippen molar-refractivity contribution in [3.8, 4) is 17.6 Å². The number of hydrogen-bond acceptors (Lipinski definition) is 3. The highest BCUT2D eigenvalue weighted by Gasteiger charge is 2.09. The third kappa shape index (κ3) is 3.26. The van der Waals surface area contributed by atoms with E-state index in [9.17, 15) is 9.65 Å². The lowest BCUT2D eigenvalue weighted by Crippen LogP contribution is -1.93. The van der Waals surface area contributed by atoms with Crippen LogP contribution < -0.4 is 9.47 Å². The second-order valence-corrected chi connectivity index (χ2v) is 4.74. The number of nitrogens with zero attached hydrogens (tertiary/aromatic N) is 1. The van der Waals surface area contributed by atoms with Gasteiger partial charge in [0.2, 0.25) is 0 Å². The molecule has 0 saturated carbocycles. The van der Waals surface area contributed by atoms with E-state index in [4.69, 9.17) is 9.47 Å². The molecule has 0 aromatic heterocycles. The number of benzene rings is 2. The lowest BCUT2D eigenvalue weighted by atomic mass is 10.0. The Kier molecular flexibility index (Phi) is 4.80. The van der Waals surface area contributed by atoms with E-state index >= 15 is 0 Å². The molecule has 2 aromatic carbocycles. The summed E-state index contributed by atoms with van der Waals surface area (Å²) in [4.78, 5) is 0. The van der Waals surface area contributed by atoms with Gasteiger partial charge in [-0.2, -0.15) is 5.26 Å². The molecule has 112 valence electrons. The van der Waals surface area contributed by atoms with E-state index in [2.05, 4.69) is 6.07 Å². The molecule has 0 radical (unpaired) electrons. The fraction of sp³-hybridized carbons (Fsp3) is 0.167. The van der Waals surface area contributed by atoms with E-state index in [1.165, 1.54) is 12.1 Å². The first-order chi connectivity index (χ1) is 10.6. The highest BCUT2D eigenvalue weighted by atomic mass is 19.1. The zero-order valence-corrected chi connectivity index (χ0v) is 12.7. The third-order valence-electron chi connectivity index (χ3n) is 3.35. The summed E-state index contributed by atoms with van der Waals surface area (Å²) in [5, 5.41) is 9.36. The maximum absolute atomic E-state index is 13.0. The molecule has 2 rings (SSSR count). The summed E-state index contributed by atoms with van der Waals surface area (Å²) in [5.74, 6) is 0.900.